The molecule has 2 N–H and O–H groups in total. The first-order valence-corrected chi connectivity index (χ1v) is 14.6. The van der Waals surface area contributed by atoms with Crippen LogP contribution in [0.2, 0.25) is 0 Å². The molecule has 0 radical (unpaired) electrons. The average molecular weight is 524 g/mol. The Kier molecular flexibility index (Phi) is 12.8. The lowest BCUT2D eigenvalue weighted by Crippen LogP contribution is -2.19. The lowest BCUT2D eigenvalue weighted by atomic mass is 9.79. The minimum Gasteiger partial charge on any atom is -0.497 e. The van der Waals surface area contributed by atoms with Crippen molar-refractivity contribution in [1.29, 1.82) is 0 Å². The van der Waals surface area contributed by atoms with Crippen molar-refractivity contribution in [1.82, 2.24) is 0 Å². The van der Waals surface area contributed by atoms with E-state index in [4.69, 9.17) is 10.5 Å². The number of carbonyl (C=O) groups is 1. The molecule has 39 heavy (non-hydrogen) atoms. The number of ether oxygens (including phenoxy) is 1. The van der Waals surface area contributed by atoms with Crippen molar-refractivity contribution >= 4 is 5.78 Å². The summed E-state index contributed by atoms with van der Waals surface area (Å²) in [6, 6.07) is 26.8. The first-order chi connectivity index (χ1) is 19.0. The molecule has 2 unspecified atom stereocenters. The van der Waals surface area contributed by atoms with E-state index in [0.29, 0.717) is 30.6 Å². The monoisotopic (exact) mass is 523 g/mol. The van der Waals surface area contributed by atoms with Gasteiger partial charge >= 0.3 is 0 Å². The van der Waals surface area contributed by atoms with Crippen LogP contribution in [0.3, 0.4) is 0 Å². The van der Waals surface area contributed by atoms with E-state index in [1.807, 2.05) is 42.5 Å². The van der Waals surface area contributed by atoms with Gasteiger partial charge in [0.05, 0.1) is 7.11 Å². The van der Waals surface area contributed by atoms with Gasteiger partial charge in [0.1, 0.15) is 11.5 Å². The number of ketones is 1. The maximum atomic E-state index is 13.3. The first-order valence-electron chi connectivity index (χ1n) is 14.6. The van der Waals surface area contributed by atoms with Crippen LogP contribution in [-0.4, -0.2) is 19.4 Å². The lowest BCUT2D eigenvalue weighted by Gasteiger charge is -2.26. The molecule has 0 fully saturated rings. The minimum absolute atomic E-state index is 0.139. The molecule has 3 heteroatoms. The van der Waals surface area contributed by atoms with E-state index in [9.17, 15) is 4.79 Å². The van der Waals surface area contributed by atoms with Crippen molar-refractivity contribution in [2.45, 2.75) is 71.1 Å². The fourth-order valence-electron chi connectivity index (χ4n) is 5.28. The normalized spacial score (nSPS) is 13.1. The van der Waals surface area contributed by atoms with Gasteiger partial charge in [0.2, 0.25) is 0 Å². The van der Waals surface area contributed by atoms with E-state index in [1.165, 1.54) is 11.1 Å². The van der Waals surface area contributed by atoms with E-state index in [2.05, 4.69) is 62.1 Å². The molecule has 0 aliphatic heterocycles. The number of hydrogen-bond donors (Lipinski definition) is 1. The largest absolute Gasteiger partial charge is 0.497 e. The van der Waals surface area contributed by atoms with E-state index in [1.54, 1.807) is 7.11 Å². The van der Waals surface area contributed by atoms with Crippen LogP contribution in [0.5, 0.6) is 5.75 Å². The topological polar surface area (TPSA) is 52.3 Å². The number of rotatable bonds is 15. The third kappa shape index (κ3) is 10.0. The number of hydrogen-bond acceptors (Lipinski definition) is 3. The second-order valence-corrected chi connectivity index (χ2v) is 10.6. The molecule has 0 heterocycles. The van der Waals surface area contributed by atoms with Crippen molar-refractivity contribution in [3.05, 3.63) is 101 Å². The van der Waals surface area contributed by atoms with Crippen LogP contribution in [0.25, 0.3) is 0 Å². The average Bonchev–Trinajstić information content (AvgIpc) is 2.98. The summed E-state index contributed by atoms with van der Waals surface area (Å²) in [6.45, 7) is 5.18. The van der Waals surface area contributed by atoms with E-state index < -0.39 is 0 Å². The van der Waals surface area contributed by atoms with Gasteiger partial charge in [-0.25, -0.2) is 0 Å². The molecule has 0 saturated carbocycles. The highest BCUT2D eigenvalue weighted by atomic mass is 16.5. The zero-order valence-corrected chi connectivity index (χ0v) is 24.0. The smallest absolute Gasteiger partial charge is 0.136 e. The summed E-state index contributed by atoms with van der Waals surface area (Å²) in [7, 11) is 1.67. The van der Waals surface area contributed by atoms with Gasteiger partial charge < -0.3 is 10.5 Å². The Morgan fingerprint density at radius 1 is 0.846 bits per heavy atom. The fourth-order valence-corrected chi connectivity index (χ4v) is 5.28. The molecule has 206 valence electrons. The molecule has 0 bridgehead atoms. The number of unbranched alkanes of at least 4 members (excludes halogenated alkanes) is 1. The standard InChI is InChI=1S/C36H45NO2/c1-4-5-11-33(36(38)25-19-31-17-23-34(39-3)24-18-31)20-12-28(2)35(26-27-37)32-21-15-30(16-22-32)14-13-29-9-7-6-8-10-29/h6-10,15-18,21-24,28,33,35H,4-5,11-12,19-20,25-27,37H2,1-3H3/t28?,33?,35-/m0/s1. The Morgan fingerprint density at radius 2 is 1.51 bits per heavy atom. The molecule has 3 nitrogen and oxygen atoms in total. The zero-order chi connectivity index (χ0) is 27.9. The highest BCUT2D eigenvalue weighted by molar-refractivity contribution is 5.81. The number of nitrogens with two attached hydrogens (primary N) is 1. The van der Waals surface area contributed by atoms with E-state index >= 15 is 0 Å². The van der Waals surface area contributed by atoms with Gasteiger partial charge in [0, 0.05) is 23.5 Å². The Labute approximate surface area is 236 Å². The number of benzene rings is 3. The Bertz CT molecular complexity index is 1170. The third-order valence-electron chi connectivity index (χ3n) is 7.78. The van der Waals surface area contributed by atoms with Crippen molar-refractivity contribution < 1.29 is 9.53 Å². The Balaban J connectivity index is 1.60. The summed E-state index contributed by atoms with van der Waals surface area (Å²) in [5.74, 6) is 8.73. The van der Waals surface area contributed by atoms with Crippen LogP contribution in [0.15, 0.2) is 78.9 Å². The van der Waals surface area contributed by atoms with E-state index in [-0.39, 0.29) is 5.92 Å². The molecule has 3 atom stereocenters. The summed E-state index contributed by atoms with van der Waals surface area (Å²) in [4.78, 5) is 13.3. The predicted octanol–water partition coefficient (Wildman–Crippen LogP) is 7.95. The second-order valence-electron chi connectivity index (χ2n) is 10.6. The molecule has 3 aromatic rings. The van der Waals surface area contributed by atoms with Crippen LogP contribution in [-0.2, 0) is 11.2 Å². The summed E-state index contributed by atoms with van der Waals surface area (Å²) < 4.78 is 5.25. The van der Waals surface area contributed by atoms with Crippen molar-refractivity contribution in [3.8, 4) is 17.6 Å². The Hall–Kier alpha value is -3.35. The van der Waals surface area contributed by atoms with E-state index in [0.717, 1.165) is 61.8 Å². The lowest BCUT2D eigenvalue weighted by molar-refractivity contribution is -0.123. The number of Topliss-reactive ketones (excluding diaryl/α,β-unsaturated/α-hetero) is 1. The summed E-state index contributed by atoms with van der Waals surface area (Å²) in [6.07, 6.45) is 7.52. The molecule has 3 aromatic carbocycles. The van der Waals surface area contributed by atoms with Crippen molar-refractivity contribution in [2.75, 3.05) is 13.7 Å². The van der Waals surface area contributed by atoms with Gasteiger partial charge in [-0.2, -0.15) is 0 Å². The second kappa shape index (κ2) is 16.6. The number of carbonyl (C=O) groups excluding carboxylic acids is 1. The van der Waals surface area contributed by atoms with Crippen molar-refractivity contribution in [3.63, 3.8) is 0 Å². The SMILES string of the molecule is CCCCC(CCC(C)[C@H](CCN)c1ccc(C#Cc2ccccc2)cc1)C(=O)CCc1ccc(OC)cc1. The van der Waals surface area contributed by atoms with Crippen LogP contribution in [0.4, 0.5) is 0 Å². The molecule has 0 saturated heterocycles. The number of aryl methyl sites for hydroxylation is 1. The molecule has 3 rings (SSSR count). The maximum Gasteiger partial charge on any atom is 0.136 e. The summed E-state index contributed by atoms with van der Waals surface area (Å²) >= 11 is 0. The van der Waals surface area contributed by atoms with Gasteiger partial charge in [-0.3, -0.25) is 4.79 Å². The van der Waals surface area contributed by atoms with Crippen LogP contribution < -0.4 is 10.5 Å². The third-order valence-corrected chi connectivity index (χ3v) is 7.78. The minimum atomic E-state index is 0.139. The summed E-state index contributed by atoms with van der Waals surface area (Å²) in [5, 5.41) is 0. The highest BCUT2D eigenvalue weighted by Gasteiger charge is 2.23. The molecule has 0 aromatic heterocycles. The predicted molar refractivity (Wildman–Crippen MR) is 163 cm³/mol. The van der Waals surface area contributed by atoms with Crippen LogP contribution >= 0.6 is 0 Å². The van der Waals surface area contributed by atoms with Crippen LogP contribution in [0.1, 0.15) is 87.0 Å². The van der Waals surface area contributed by atoms with Crippen LogP contribution in [0, 0.1) is 23.7 Å². The fraction of sp³-hybridized carbons (Fsp3) is 0.417. The van der Waals surface area contributed by atoms with Gasteiger partial charge in [-0.1, -0.05) is 81.0 Å². The van der Waals surface area contributed by atoms with Gasteiger partial charge in [-0.05, 0) is 98.0 Å². The van der Waals surface area contributed by atoms with Gasteiger partial charge in [0.25, 0.3) is 0 Å². The number of methoxy groups -OCH3 is 1. The summed E-state index contributed by atoms with van der Waals surface area (Å²) in [5.41, 5.74) is 10.6. The molecule has 0 aliphatic rings. The molecule has 0 amide bonds. The van der Waals surface area contributed by atoms with Crippen molar-refractivity contribution in [2.24, 2.45) is 17.6 Å². The van der Waals surface area contributed by atoms with Gasteiger partial charge in [0.15, 0.2) is 0 Å². The molecular formula is C36H45NO2. The highest BCUT2D eigenvalue weighted by Crippen LogP contribution is 2.33. The maximum absolute atomic E-state index is 13.3. The quantitative estimate of drug-likeness (QED) is 0.206. The molecule has 0 spiro atoms. The zero-order valence-electron chi connectivity index (χ0n) is 24.0. The molecule has 0 aliphatic carbocycles. The Morgan fingerprint density at radius 3 is 2.13 bits per heavy atom. The molecular weight excluding hydrogens is 478 g/mol. The first kappa shape index (κ1) is 30.2. The van der Waals surface area contributed by atoms with Gasteiger partial charge in [-0.15, -0.1) is 0 Å².